The number of rotatable bonds is 5. The van der Waals surface area contributed by atoms with E-state index < -0.39 is 23.5 Å². The van der Waals surface area contributed by atoms with Gasteiger partial charge >= 0.3 is 6.03 Å². The summed E-state index contributed by atoms with van der Waals surface area (Å²) in [4.78, 5) is 51.4. The Morgan fingerprint density at radius 1 is 1.06 bits per heavy atom. The van der Waals surface area contributed by atoms with Crippen LogP contribution < -0.4 is 16.0 Å². The van der Waals surface area contributed by atoms with Gasteiger partial charge in [0.15, 0.2) is 0 Å². The van der Waals surface area contributed by atoms with E-state index in [0.29, 0.717) is 24.2 Å². The van der Waals surface area contributed by atoms with Gasteiger partial charge in [0, 0.05) is 18.7 Å². The van der Waals surface area contributed by atoms with Crippen LogP contribution >= 0.6 is 0 Å². The summed E-state index contributed by atoms with van der Waals surface area (Å²) in [6.07, 6.45) is 2.11. The lowest BCUT2D eigenvalue weighted by Gasteiger charge is -2.34. The van der Waals surface area contributed by atoms with Gasteiger partial charge in [-0.15, -0.1) is 0 Å². The number of likely N-dealkylation sites (tertiary alicyclic amines) is 1. The molecule has 2 saturated heterocycles. The van der Waals surface area contributed by atoms with Crippen LogP contribution in [-0.2, 0) is 19.9 Å². The van der Waals surface area contributed by atoms with Crippen LogP contribution in [0.1, 0.15) is 43.4 Å². The molecule has 0 saturated carbocycles. The minimum absolute atomic E-state index is 0.0400. The van der Waals surface area contributed by atoms with Gasteiger partial charge in [-0.25, -0.2) is 4.79 Å². The van der Waals surface area contributed by atoms with E-state index >= 15 is 0 Å². The molecule has 8 heteroatoms. The maximum absolute atomic E-state index is 13.3. The lowest BCUT2D eigenvalue weighted by Crippen LogP contribution is -2.43. The molecule has 2 unspecified atom stereocenters. The van der Waals surface area contributed by atoms with Gasteiger partial charge in [-0.3, -0.25) is 19.7 Å². The summed E-state index contributed by atoms with van der Waals surface area (Å²) < 4.78 is 0. The van der Waals surface area contributed by atoms with E-state index in [9.17, 15) is 19.2 Å². The SMILES string of the molecule is CC1(c2cccc(NC(=O)C(c3ccccc3)N3CCCCC3=O)c2)NC(=O)NC1=O. The number of imide groups is 1. The quantitative estimate of drug-likeness (QED) is 0.646. The summed E-state index contributed by atoms with van der Waals surface area (Å²) in [6, 6.07) is 14.7. The molecule has 0 bridgehead atoms. The second kappa shape index (κ2) is 8.22. The Hall–Kier alpha value is -3.68. The number of carbonyl (C=O) groups excluding carboxylic acids is 4. The molecule has 0 aliphatic carbocycles. The van der Waals surface area contributed by atoms with Crippen LogP contribution in [0.5, 0.6) is 0 Å². The zero-order valence-corrected chi connectivity index (χ0v) is 17.2. The minimum Gasteiger partial charge on any atom is -0.327 e. The lowest BCUT2D eigenvalue weighted by molar-refractivity contribution is -0.141. The van der Waals surface area contributed by atoms with Crippen molar-refractivity contribution in [3.63, 3.8) is 0 Å². The summed E-state index contributed by atoms with van der Waals surface area (Å²) in [5.74, 6) is -0.826. The summed E-state index contributed by atoms with van der Waals surface area (Å²) in [5, 5.41) is 7.74. The molecule has 31 heavy (non-hydrogen) atoms. The molecule has 8 nitrogen and oxygen atoms in total. The highest BCUT2D eigenvalue weighted by Gasteiger charge is 2.43. The van der Waals surface area contributed by atoms with Crippen LogP contribution in [0.3, 0.4) is 0 Å². The van der Waals surface area contributed by atoms with Crippen molar-refractivity contribution in [3.05, 3.63) is 65.7 Å². The Morgan fingerprint density at radius 2 is 1.84 bits per heavy atom. The summed E-state index contributed by atoms with van der Waals surface area (Å²) >= 11 is 0. The number of urea groups is 1. The number of amides is 5. The average molecular weight is 420 g/mol. The van der Waals surface area contributed by atoms with Gasteiger partial charge in [0.2, 0.25) is 5.91 Å². The Bertz CT molecular complexity index is 1040. The Labute approximate surface area is 180 Å². The number of carbonyl (C=O) groups is 4. The number of anilines is 1. The maximum Gasteiger partial charge on any atom is 0.322 e. The molecule has 2 fully saturated rings. The molecule has 2 aromatic rings. The van der Waals surface area contributed by atoms with Crippen molar-refractivity contribution in [2.45, 2.75) is 37.8 Å². The molecule has 2 heterocycles. The van der Waals surface area contributed by atoms with E-state index in [4.69, 9.17) is 0 Å². The van der Waals surface area contributed by atoms with E-state index in [0.717, 1.165) is 18.4 Å². The van der Waals surface area contributed by atoms with Crippen LogP contribution in [0.25, 0.3) is 0 Å². The fourth-order valence-electron chi connectivity index (χ4n) is 4.07. The third-order valence-electron chi connectivity index (χ3n) is 5.79. The van der Waals surface area contributed by atoms with E-state index in [-0.39, 0.29) is 11.8 Å². The van der Waals surface area contributed by atoms with Crippen LogP contribution in [-0.4, -0.2) is 35.2 Å². The smallest absolute Gasteiger partial charge is 0.322 e. The Kier molecular flexibility index (Phi) is 5.46. The first-order valence-electron chi connectivity index (χ1n) is 10.3. The van der Waals surface area contributed by atoms with Gasteiger partial charge in [-0.1, -0.05) is 42.5 Å². The van der Waals surface area contributed by atoms with Crippen LogP contribution in [0, 0.1) is 0 Å². The van der Waals surface area contributed by atoms with E-state index in [1.807, 2.05) is 30.3 Å². The summed E-state index contributed by atoms with van der Waals surface area (Å²) in [7, 11) is 0. The van der Waals surface area contributed by atoms with E-state index in [1.165, 1.54) is 0 Å². The van der Waals surface area contributed by atoms with Crippen molar-refractivity contribution in [2.75, 3.05) is 11.9 Å². The largest absolute Gasteiger partial charge is 0.327 e. The third kappa shape index (κ3) is 4.01. The highest BCUT2D eigenvalue weighted by atomic mass is 16.2. The highest BCUT2D eigenvalue weighted by Crippen LogP contribution is 2.29. The first-order valence-corrected chi connectivity index (χ1v) is 10.3. The number of hydrogen-bond acceptors (Lipinski definition) is 4. The molecule has 2 aromatic carbocycles. The molecule has 0 radical (unpaired) electrons. The molecule has 4 rings (SSSR count). The van der Waals surface area contributed by atoms with E-state index in [1.54, 1.807) is 36.1 Å². The van der Waals surface area contributed by atoms with Gasteiger partial charge < -0.3 is 15.5 Å². The van der Waals surface area contributed by atoms with Crippen LogP contribution in [0.2, 0.25) is 0 Å². The molecule has 2 aliphatic heterocycles. The van der Waals surface area contributed by atoms with Gasteiger partial charge in [0.25, 0.3) is 11.8 Å². The monoisotopic (exact) mass is 420 g/mol. The van der Waals surface area contributed by atoms with Crippen molar-refractivity contribution >= 4 is 29.4 Å². The zero-order valence-electron chi connectivity index (χ0n) is 17.2. The molecule has 5 amide bonds. The van der Waals surface area contributed by atoms with Crippen molar-refractivity contribution in [2.24, 2.45) is 0 Å². The Morgan fingerprint density at radius 3 is 2.52 bits per heavy atom. The number of benzene rings is 2. The molecular weight excluding hydrogens is 396 g/mol. The van der Waals surface area contributed by atoms with Crippen LogP contribution in [0.4, 0.5) is 10.5 Å². The number of nitrogens with zero attached hydrogens (tertiary/aromatic N) is 1. The van der Waals surface area contributed by atoms with E-state index in [2.05, 4.69) is 16.0 Å². The van der Waals surface area contributed by atoms with Crippen molar-refractivity contribution in [1.29, 1.82) is 0 Å². The highest BCUT2D eigenvalue weighted by molar-refractivity contribution is 6.07. The first-order chi connectivity index (χ1) is 14.9. The fourth-order valence-corrected chi connectivity index (χ4v) is 4.07. The van der Waals surface area contributed by atoms with Gasteiger partial charge in [0.1, 0.15) is 11.6 Å². The van der Waals surface area contributed by atoms with Crippen molar-refractivity contribution in [1.82, 2.24) is 15.5 Å². The standard InChI is InChI=1S/C23H24N4O4/c1-23(21(30)25-22(31)26-23)16-10-7-11-17(14-16)24-20(29)19(15-8-3-2-4-9-15)27-13-6-5-12-18(27)28/h2-4,7-11,14,19H,5-6,12-13H2,1H3,(H,24,29)(H2,25,26,30,31). The summed E-state index contributed by atoms with van der Waals surface area (Å²) in [6.45, 7) is 2.13. The fraction of sp³-hybridized carbons (Fsp3) is 0.304. The van der Waals surface area contributed by atoms with Gasteiger partial charge in [0.05, 0.1) is 0 Å². The molecule has 2 atom stereocenters. The van der Waals surface area contributed by atoms with Crippen molar-refractivity contribution < 1.29 is 19.2 Å². The lowest BCUT2D eigenvalue weighted by atomic mass is 9.92. The first kappa shape index (κ1) is 20.6. The number of hydrogen-bond donors (Lipinski definition) is 3. The second-order valence-corrected chi connectivity index (χ2v) is 7.96. The topological polar surface area (TPSA) is 108 Å². The molecule has 0 aromatic heterocycles. The Balaban J connectivity index is 1.61. The molecule has 2 aliphatic rings. The molecule has 3 N–H and O–H groups in total. The predicted octanol–water partition coefficient (Wildman–Crippen LogP) is 2.43. The zero-order chi connectivity index (χ0) is 22.0. The molecular formula is C23H24N4O4. The second-order valence-electron chi connectivity index (χ2n) is 7.96. The van der Waals surface area contributed by atoms with Crippen molar-refractivity contribution in [3.8, 4) is 0 Å². The average Bonchev–Trinajstić information content (AvgIpc) is 3.03. The minimum atomic E-state index is -1.22. The number of nitrogens with one attached hydrogen (secondary N) is 3. The van der Waals surface area contributed by atoms with Gasteiger partial charge in [-0.2, -0.15) is 0 Å². The third-order valence-corrected chi connectivity index (χ3v) is 5.79. The van der Waals surface area contributed by atoms with Crippen LogP contribution in [0.15, 0.2) is 54.6 Å². The predicted molar refractivity (Wildman–Crippen MR) is 114 cm³/mol. The number of piperidine rings is 1. The molecule has 0 spiro atoms. The summed E-state index contributed by atoms with van der Waals surface area (Å²) in [5.41, 5.74) is 0.530. The maximum atomic E-state index is 13.3. The molecule has 160 valence electrons. The van der Waals surface area contributed by atoms with Gasteiger partial charge in [-0.05, 0) is 43.0 Å². The normalized spacial score (nSPS) is 22.0.